The summed E-state index contributed by atoms with van der Waals surface area (Å²) in [4.78, 5) is 27.1. The van der Waals surface area contributed by atoms with Gasteiger partial charge in [-0.2, -0.15) is 0 Å². The van der Waals surface area contributed by atoms with E-state index in [9.17, 15) is 9.59 Å². The summed E-state index contributed by atoms with van der Waals surface area (Å²) >= 11 is 0. The van der Waals surface area contributed by atoms with Gasteiger partial charge in [-0.3, -0.25) is 14.4 Å². The van der Waals surface area contributed by atoms with Crippen LogP contribution in [0.5, 0.6) is 0 Å². The van der Waals surface area contributed by atoms with Crippen molar-refractivity contribution in [1.82, 2.24) is 10.8 Å². The van der Waals surface area contributed by atoms with Crippen LogP contribution in [0.3, 0.4) is 0 Å². The first-order valence-corrected chi connectivity index (χ1v) is 4.88. The molecular weight excluding hydrogens is 198 g/mol. The zero-order valence-electron chi connectivity index (χ0n) is 9.00. The summed E-state index contributed by atoms with van der Waals surface area (Å²) < 4.78 is 0. The van der Waals surface area contributed by atoms with Gasteiger partial charge in [-0.15, -0.1) is 0 Å². The molecule has 1 aliphatic heterocycles. The molecule has 1 rings (SSSR count). The fourth-order valence-electron chi connectivity index (χ4n) is 1.15. The van der Waals surface area contributed by atoms with Crippen molar-refractivity contribution in [2.24, 2.45) is 5.73 Å². The molecule has 0 saturated carbocycles. The van der Waals surface area contributed by atoms with Crippen molar-refractivity contribution in [2.75, 3.05) is 6.61 Å². The van der Waals surface area contributed by atoms with E-state index < -0.39 is 6.04 Å². The minimum atomic E-state index is -0.571. The van der Waals surface area contributed by atoms with E-state index in [4.69, 9.17) is 5.73 Å². The van der Waals surface area contributed by atoms with Crippen LogP contribution in [0.1, 0.15) is 26.7 Å². The largest absolute Gasteiger partial charge is 0.342 e. The molecule has 0 bridgehead atoms. The van der Waals surface area contributed by atoms with Crippen molar-refractivity contribution in [1.29, 1.82) is 0 Å². The SMILES string of the molecule is CC(C)(N)CCC(=O)N[C@@H]1CONC1=O. The Morgan fingerprint density at radius 1 is 1.73 bits per heavy atom. The van der Waals surface area contributed by atoms with Gasteiger partial charge in [0.25, 0.3) is 5.91 Å². The Labute approximate surface area is 88.5 Å². The Kier molecular flexibility index (Phi) is 3.65. The van der Waals surface area contributed by atoms with Gasteiger partial charge in [-0.25, -0.2) is 5.48 Å². The molecule has 2 amide bonds. The number of amides is 2. The van der Waals surface area contributed by atoms with Crippen LogP contribution in [0.15, 0.2) is 0 Å². The lowest BCUT2D eigenvalue weighted by molar-refractivity contribution is -0.128. The molecule has 0 aliphatic carbocycles. The van der Waals surface area contributed by atoms with Crippen LogP contribution in [0, 0.1) is 0 Å². The third-order valence-corrected chi connectivity index (χ3v) is 2.07. The Bertz CT molecular complexity index is 260. The number of hydrogen-bond acceptors (Lipinski definition) is 4. The Morgan fingerprint density at radius 3 is 2.87 bits per heavy atom. The third-order valence-electron chi connectivity index (χ3n) is 2.07. The molecule has 86 valence electrons. The quantitative estimate of drug-likeness (QED) is 0.563. The lowest BCUT2D eigenvalue weighted by Gasteiger charge is -2.18. The minimum Gasteiger partial charge on any atom is -0.342 e. The summed E-state index contributed by atoms with van der Waals surface area (Å²) in [6.07, 6.45) is 0.890. The van der Waals surface area contributed by atoms with Gasteiger partial charge in [0.15, 0.2) is 0 Å². The average molecular weight is 215 g/mol. The molecule has 0 aromatic rings. The number of hydroxylamine groups is 1. The lowest BCUT2D eigenvalue weighted by Crippen LogP contribution is -2.42. The van der Waals surface area contributed by atoms with Gasteiger partial charge < -0.3 is 11.1 Å². The summed E-state index contributed by atoms with van der Waals surface area (Å²) in [5.74, 6) is -0.491. The van der Waals surface area contributed by atoms with E-state index in [0.29, 0.717) is 12.8 Å². The van der Waals surface area contributed by atoms with E-state index in [1.54, 1.807) is 0 Å². The van der Waals surface area contributed by atoms with Gasteiger partial charge in [0.2, 0.25) is 5.91 Å². The first kappa shape index (κ1) is 11.9. The molecule has 4 N–H and O–H groups in total. The van der Waals surface area contributed by atoms with E-state index in [2.05, 4.69) is 15.6 Å². The first-order valence-electron chi connectivity index (χ1n) is 4.88. The number of carbonyl (C=O) groups excluding carboxylic acids is 2. The van der Waals surface area contributed by atoms with E-state index in [1.807, 2.05) is 13.8 Å². The molecular formula is C9H17N3O3. The van der Waals surface area contributed by atoms with Gasteiger partial charge in [-0.05, 0) is 20.3 Å². The smallest absolute Gasteiger partial charge is 0.268 e. The van der Waals surface area contributed by atoms with Crippen LogP contribution < -0.4 is 16.5 Å². The van der Waals surface area contributed by atoms with Gasteiger partial charge in [0.05, 0.1) is 0 Å². The van der Waals surface area contributed by atoms with Crippen LogP contribution in [-0.2, 0) is 14.4 Å². The molecule has 1 atom stereocenters. The maximum atomic E-state index is 11.4. The summed E-state index contributed by atoms with van der Waals surface area (Å²) in [6.45, 7) is 3.88. The van der Waals surface area contributed by atoms with Gasteiger partial charge in [0.1, 0.15) is 12.6 Å². The standard InChI is InChI=1S/C9H17N3O3/c1-9(2,10)4-3-7(13)11-6-5-15-12-8(6)14/h6H,3-5,10H2,1-2H3,(H,11,13)(H,12,14)/t6-/m1/s1. The number of nitrogens with one attached hydrogen (secondary N) is 2. The molecule has 1 fully saturated rings. The number of rotatable bonds is 4. The van der Waals surface area contributed by atoms with Crippen LogP contribution in [0.2, 0.25) is 0 Å². The normalized spacial score (nSPS) is 21.3. The predicted molar refractivity (Wildman–Crippen MR) is 53.5 cm³/mol. The van der Waals surface area contributed by atoms with Gasteiger partial charge in [0, 0.05) is 12.0 Å². The molecule has 0 spiro atoms. The summed E-state index contributed by atoms with van der Waals surface area (Å²) in [7, 11) is 0. The van der Waals surface area contributed by atoms with Crippen LogP contribution in [0.25, 0.3) is 0 Å². The van der Waals surface area contributed by atoms with Crippen molar-refractivity contribution < 1.29 is 14.4 Å². The summed E-state index contributed by atoms with van der Waals surface area (Å²) in [5.41, 5.74) is 7.53. The Hall–Kier alpha value is -1.14. The zero-order valence-corrected chi connectivity index (χ0v) is 9.00. The molecule has 1 aliphatic rings. The van der Waals surface area contributed by atoms with Gasteiger partial charge in [-0.1, -0.05) is 0 Å². The highest BCUT2D eigenvalue weighted by Gasteiger charge is 2.27. The predicted octanol–water partition coefficient (Wildman–Crippen LogP) is -0.950. The molecule has 6 heteroatoms. The fourth-order valence-corrected chi connectivity index (χ4v) is 1.15. The highest BCUT2D eigenvalue weighted by molar-refractivity contribution is 5.88. The molecule has 1 saturated heterocycles. The first-order chi connectivity index (χ1) is 6.88. The molecule has 0 aromatic heterocycles. The van der Waals surface area contributed by atoms with Crippen molar-refractivity contribution in [3.8, 4) is 0 Å². The molecule has 0 aromatic carbocycles. The minimum absolute atomic E-state index is 0.177. The third kappa shape index (κ3) is 4.26. The monoisotopic (exact) mass is 215 g/mol. The Morgan fingerprint density at radius 2 is 2.40 bits per heavy atom. The fraction of sp³-hybridized carbons (Fsp3) is 0.778. The molecule has 0 unspecified atom stereocenters. The molecule has 15 heavy (non-hydrogen) atoms. The molecule has 1 heterocycles. The summed E-state index contributed by atoms with van der Waals surface area (Å²) in [6, 6.07) is -0.571. The second kappa shape index (κ2) is 4.59. The average Bonchev–Trinajstić information content (AvgIpc) is 2.47. The number of nitrogens with two attached hydrogens (primary N) is 1. The topological polar surface area (TPSA) is 93.5 Å². The zero-order chi connectivity index (χ0) is 11.5. The van der Waals surface area contributed by atoms with E-state index in [-0.39, 0.29) is 24.0 Å². The van der Waals surface area contributed by atoms with Crippen molar-refractivity contribution in [2.45, 2.75) is 38.3 Å². The van der Waals surface area contributed by atoms with E-state index >= 15 is 0 Å². The van der Waals surface area contributed by atoms with Crippen molar-refractivity contribution in [3.05, 3.63) is 0 Å². The van der Waals surface area contributed by atoms with Crippen LogP contribution >= 0.6 is 0 Å². The second-order valence-electron chi connectivity index (χ2n) is 4.39. The van der Waals surface area contributed by atoms with Gasteiger partial charge >= 0.3 is 0 Å². The maximum absolute atomic E-state index is 11.4. The number of carbonyl (C=O) groups is 2. The maximum Gasteiger partial charge on any atom is 0.268 e. The van der Waals surface area contributed by atoms with E-state index in [1.165, 1.54) is 0 Å². The van der Waals surface area contributed by atoms with Crippen LogP contribution in [0.4, 0.5) is 0 Å². The summed E-state index contributed by atoms with van der Waals surface area (Å²) in [5, 5.41) is 2.57. The lowest BCUT2D eigenvalue weighted by atomic mass is 10.00. The highest BCUT2D eigenvalue weighted by Crippen LogP contribution is 2.07. The molecule has 0 radical (unpaired) electrons. The van der Waals surface area contributed by atoms with Crippen molar-refractivity contribution >= 4 is 11.8 Å². The van der Waals surface area contributed by atoms with E-state index in [0.717, 1.165) is 0 Å². The Balaban J connectivity index is 2.27. The van der Waals surface area contributed by atoms with Crippen molar-refractivity contribution in [3.63, 3.8) is 0 Å². The second-order valence-corrected chi connectivity index (χ2v) is 4.39. The highest BCUT2D eigenvalue weighted by atomic mass is 16.7. The number of hydrogen-bond donors (Lipinski definition) is 3. The van der Waals surface area contributed by atoms with Crippen LogP contribution in [-0.4, -0.2) is 30.0 Å². The molecule has 6 nitrogen and oxygen atoms in total.